The fourth-order valence-corrected chi connectivity index (χ4v) is 5.94. The Morgan fingerprint density at radius 3 is 0.868 bits per heavy atom. The average Bonchev–Trinajstić information content (AvgIpc) is 2.90. The second kappa shape index (κ2) is 20.6. The van der Waals surface area contributed by atoms with Crippen LogP contribution in [0.1, 0.15) is 0 Å². The van der Waals surface area contributed by atoms with Gasteiger partial charge in [-0.3, -0.25) is 0 Å². The fourth-order valence-electron chi connectivity index (χ4n) is 2.46. The predicted octanol–water partition coefficient (Wildman–Crippen LogP) is 1.01. The van der Waals surface area contributed by atoms with Crippen molar-refractivity contribution in [2.45, 2.75) is 0 Å². The third-order valence-corrected chi connectivity index (χ3v) is 9.78. The first-order chi connectivity index (χ1) is 18.1. The van der Waals surface area contributed by atoms with E-state index in [1.165, 1.54) is 28.4 Å². The Labute approximate surface area is 226 Å². The molecule has 0 radical (unpaired) electrons. The molecular weight excluding hydrogens is 555 g/mol. The standard InChI is InChI=1S/C20H40ClN4O12P/c1-30-5-9-34-17(26)22-13-38(21,14-23-18(27)35-10-6-31-2,15-24-19(28)36-11-7-32-3)16-25-20(29)37-12-8-33-4/h5-16H2,1-4H3,(H,22,26)(H,23,27)(H,24,28)(H,25,29). The van der Waals surface area contributed by atoms with E-state index in [1.54, 1.807) is 0 Å². The van der Waals surface area contributed by atoms with E-state index in [2.05, 4.69) is 21.3 Å². The number of alkyl carbamates (subject to hydrolysis) is 4. The molecule has 0 aromatic carbocycles. The Hall–Kier alpha value is -2.36. The molecule has 0 fully saturated rings. The topological polar surface area (TPSA) is 190 Å². The summed E-state index contributed by atoms with van der Waals surface area (Å²) in [5.41, 5.74) is 0. The normalized spacial score (nSPS) is 11.9. The molecule has 38 heavy (non-hydrogen) atoms. The SMILES string of the molecule is COCCOC(=O)NCP(Cl)(CNC(=O)OCCOC)(CNC(=O)OCCOC)CNC(=O)OCCOC. The molecule has 16 nitrogen and oxygen atoms in total. The van der Waals surface area contributed by atoms with Crippen molar-refractivity contribution in [3.8, 4) is 0 Å². The van der Waals surface area contributed by atoms with Crippen LogP contribution in [-0.4, -0.2) is 131 Å². The molecule has 4 N–H and O–H groups in total. The van der Waals surface area contributed by atoms with Crippen molar-refractivity contribution in [3.63, 3.8) is 0 Å². The van der Waals surface area contributed by atoms with Gasteiger partial charge in [0.25, 0.3) is 0 Å². The monoisotopic (exact) mass is 594 g/mol. The van der Waals surface area contributed by atoms with Crippen LogP contribution in [0.15, 0.2) is 0 Å². The molecule has 0 atom stereocenters. The number of nitrogens with one attached hydrogen (secondary N) is 4. The van der Waals surface area contributed by atoms with Crippen LogP contribution < -0.4 is 21.3 Å². The first-order valence-corrected chi connectivity index (χ1v) is 15.3. The Morgan fingerprint density at radius 1 is 0.474 bits per heavy atom. The molecule has 0 aliphatic carbocycles. The summed E-state index contributed by atoms with van der Waals surface area (Å²) >= 11 is 7.17. The Balaban J connectivity index is 5.72. The number of rotatable bonds is 20. The zero-order valence-corrected chi connectivity index (χ0v) is 23.9. The number of methoxy groups -OCH3 is 4. The van der Waals surface area contributed by atoms with Gasteiger partial charge >= 0.3 is 226 Å². The van der Waals surface area contributed by atoms with Crippen LogP contribution in [0.4, 0.5) is 19.2 Å². The Morgan fingerprint density at radius 2 is 0.684 bits per heavy atom. The van der Waals surface area contributed by atoms with Crippen LogP contribution in [0.3, 0.4) is 0 Å². The third-order valence-electron chi connectivity index (χ3n) is 4.56. The van der Waals surface area contributed by atoms with Gasteiger partial charge in [0.2, 0.25) is 0 Å². The van der Waals surface area contributed by atoms with Crippen LogP contribution in [0.2, 0.25) is 0 Å². The molecule has 18 heteroatoms. The minimum absolute atomic E-state index is 0.0290. The van der Waals surface area contributed by atoms with Gasteiger partial charge in [0.05, 0.1) is 0 Å². The number of ether oxygens (including phenoxy) is 8. The molecule has 0 spiro atoms. The van der Waals surface area contributed by atoms with Gasteiger partial charge in [0.15, 0.2) is 0 Å². The molecule has 0 aliphatic heterocycles. The summed E-state index contributed by atoms with van der Waals surface area (Å²) in [4.78, 5) is 49.0. The van der Waals surface area contributed by atoms with Crippen molar-refractivity contribution >= 4 is 41.6 Å². The number of halogens is 1. The zero-order valence-electron chi connectivity index (χ0n) is 22.2. The van der Waals surface area contributed by atoms with E-state index < -0.39 is 30.3 Å². The van der Waals surface area contributed by atoms with Crippen LogP contribution in [0, 0.1) is 0 Å². The summed E-state index contributed by atoms with van der Waals surface area (Å²) < 4.78 is 39.4. The van der Waals surface area contributed by atoms with Crippen molar-refractivity contribution in [3.05, 3.63) is 0 Å². The Bertz CT molecular complexity index is 606. The van der Waals surface area contributed by atoms with Crippen molar-refractivity contribution in [2.75, 3.05) is 106 Å². The first-order valence-electron chi connectivity index (χ1n) is 11.4. The molecule has 0 aromatic rings. The summed E-state index contributed by atoms with van der Waals surface area (Å²) in [6.07, 6.45) is -4.45. The van der Waals surface area contributed by atoms with E-state index in [0.29, 0.717) is 0 Å². The van der Waals surface area contributed by atoms with Gasteiger partial charge in [-0.2, -0.15) is 0 Å². The minimum atomic E-state index is -4.04. The van der Waals surface area contributed by atoms with E-state index in [-0.39, 0.29) is 78.0 Å². The number of hydrogen-bond acceptors (Lipinski definition) is 12. The van der Waals surface area contributed by atoms with Gasteiger partial charge in [0, 0.05) is 0 Å². The fraction of sp³-hybridized carbons (Fsp3) is 0.800. The van der Waals surface area contributed by atoms with Crippen molar-refractivity contribution in [1.82, 2.24) is 21.3 Å². The third kappa shape index (κ3) is 17.2. The van der Waals surface area contributed by atoms with Gasteiger partial charge < -0.3 is 0 Å². The van der Waals surface area contributed by atoms with Crippen LogP contribution >= 0.6 is 17.2 Å². The second-order valence-corrected chi connectivity index (χ2v) is 15.4. The average molecular weight is 595 g/mol. The van der Waals surface area contributed by atoms with E-state index in [9.17, 15) is 19.2 Å². The molecule has 224 valence electrons. The molecular formula is C20H40ClN4O12P. The second-order valence-electron chi connectivity index (χ2n) is 7.67. The van der Waals surface area contributed by atoms with Crippen molar-refractivity contribution < 1.29 is 57.1 Å². The van der Waals surface area contributed by atoms with Crippen LogP contribution in [0.25, 0.3) is 0 Å². The molecule has 0 rings (SSSR count). The van der Waals surface area contributed by atoms with Gasteiger partial charge in [-0.15, -0.1) is 0 Å². The molecule has 4 amide bonds. The van der Waals surface area contributed by atoms with Gasteiger partial charge in [-0.05, 0) is 0 Å². The maximum atomic E-state index is 12.2. The number of carbonyl (C=O) groups excluding carboxylic acids is 4. The number of amides is 4. The number of hydrogen-bond donors (Lipinski definition) is 4. The molecule has 0 heterocycles. The first kappa shape index (κ1) is 35.6. The van der Waals surface area contributed by atoms with E-state index in [4.69, 9.17) is 49.1 Å². The number of carbonyl (C=O) groups is 4. The quantitative estimate of drug-likeness (QED) is 0.0890. The zero-order chi connectivity index (χ0) is 28.7. The molecule has 0 unspecified atom stereocenters. The summed E-state index contributed by atoms with van der Waals surface area (Å²) in [7, 11) is 5.77. The molecule has 0 aromatic heterocycles. The van der Waals surface area contributed by atoms with Gasteiger partial charge in [0.1, 0.15) is 0 Å². The summed E-state index contributed by atoms with van der Waals surface area (Å²) in [5, 5.41) is 10.1. The van der Waals surface area contributed by atoms with Gasteiger partial charge in [-0.1, -0.05) is 0 Å². The maximum absolute atomic E-state index is 12.2. The van der Waals surface area contributed by atoms with E-state index >= 15 is 0 Å². The molecule has 0 saturated carbocycles. The van der Waals surface area contributed by atoms with E-state index in [1.807, 2.05) is 0 Å². The summed E-state index contributed by atoms with van der Waals surface area (Å²) in [6.45, 7) is 0.537. The van der Waals surface area contributed by atoms with Crippen molar-refractivity contribution in [2.24, 2.45) is 0 Å². The molecule has 0 saturated heterocycles. The van der Waals surface area contributed by atoms with Crippen molar-refractivity contribution in [1.29, 1.82) is 0 Å². The summed E-state index contributed by atoms with van der Waals surface area (Å²) in [6, 6.07) is 0. The van der Waals surface area contributed by atoms with Crippen LogP contribution in [0.5, 0.6) is 0 Å². The molecule has 0 aliphatic rings. The van der Waals surface area contributed by atoms with Crippen LogP contribution in [-0.2, 0) is 37.9 Å². The summed E-state index contributed by atoms with van der Waals surface area (Å²) in [5.74, 6) is -4.04. The Kier molecular flexibility index (Phi) is 19.3. The van der Waals surface area contributed by atoms with Gasteiger partial charge in [-0.25, -0.2) is 0 Å². The van der Waals surface area contributed by atoms with E-state index in [0.717, 1.165) is 0 Å². The molecule has 0 bridgehead atoms. The predicted molar refractivity (Wildman–Crippen MR) is 138 cm³/mol.